The van der Waals surface area contributed by atoms with E-state index < -0.39 is 22.8 Å². The van der Waals surface area contributed by atoms with Gasteiger partial charge in [-0.3, -0.25) is 14.9 Å². The second-order valence-corrected chi connectivity index (χ2v) is 4.72. The molecular weight excluding hydrogens is 264 g/mol. The number of aliphatic carboxylic acids is 1. The molecule has 1 aliphatic rings. The molecule has 0 aliphatic carbocycles. The molecule has 7 nitrogen and oxygen atoms in total. The van der Waals surface area contributed by atoms with Gasteiger partial charge in [0.15, 0.2) is 0 Å². The number of nitrogens with zero attached hydrogens (tertiary/aromatic N) is 2. The number of carbonyl (C=O) groups is 2. The highest BCUT2D eigenvalue weighted by Gasteiger charge is 2.37. The maximum Gasteiger partial charge on any atom is 0.326 e. The second kappa shape index (κ2) is 5.28. The lowest BCUT2D eigenvalue weighted by atomic mass is 10.0. The summed E-state index contributed by atoms with van der Waals surface area (Å²) >= 11 is 0. The smallest absolute Gasteiger partial charge is 0.326 e. The topological polar surface area (TPSA) is 101 Å². The molecule has 106 valence electrons. The van der Waals surface area contributed by atoms with E-state index in [1.165, 1.54) is 17.0 Å². The molecule has 0 unspecified atom stereocenters. The number of carboxylic acid groups (broad SMARTS) is 1. The van der Waals surface area contributed by atoms with Gasteiger partial charge >= 0.3 is 5.97 Å². The summed E-state index contributed by atoms with van der Waals surface area (Å²) in [4.78, 5) is 35.2. The van der Waals surface area contributed by atoms with E-state index in [9.17, 15) is 19.7 Å². The molecule has 1 saturated heterocycles. The van der Waals surface area contributed by atoms with E-state index >= 15 is 0 Å². The van der Waals surface area contributed by atoms with Gasteiger partial charge in [-0.05, 0) is 25.3 Å². The molecule has 1 aliphatic heterocycles. The molecule has 1 amide bonds. The summed E-state index contributed by atoms with van der Waals surface area (Å²) in [5.74, 6) is -1.66. The van der Waals surface area contributed by atoms with Crippen LogP contribution < -0.4 is 0 Å². The Morgan fingerprint density at radius 2 is 2.15 bits per heavy atom. The average Bonchev–Trinajstić information content (AvgIpc) is 2.86. The maximum absolute atomic E-state index is 12.5. The molecule has 20 heavy (non-hydrogen) atoms. The van der Waals surface area contributed by atoms with Crippen molar-refractivity contribution in [3.05, 3.63) is 39.4 Å². The number of nitro groups is 1. The molecule has 1 atom stereocenters. The Morgan fingerprint density at radius 3 is 2.75 bits per heavy atom. The van der Waals surface area contributed by atoms with Crippen LogP contribution in [0.5, 0.6) is 0 Å². The minimum Gasteiger partial charge on any atom is -0.480 e. The number of hydrogen-bond donors (Lipinski definition) is 1. The van der Waals surface area contributed by atoms with Crippen molar-refractivity contribution in [2.75, 3.05) is 6.54 Å². The van der Waals surface area contributed by atoms with E-state index in [0.717, 1.165) is 0 Å². The molecule has 7 heteroatoms. The largest absolute Gasteiger partial charge is 0.480 e. The normalized spacial score (nSPS) is 18.1. The van der Waals surface area contributed by atoms with Gasteiger partial charge in [-0.25, -0.2) is 4.79 Å². The van der Waals surface area contributed by atoms with Crippen LogP contribution in [0.2, 0.25) is 0 Å². The fourth-order valence-corrected chi connectivity index (χ4v) is 2.49. The van der Waals surface area contributed by atoms with Gasteiger partial charge in [0.2, 0.25) is 0 Å². The summed E-state index contributed by atoms with van der Waals surface area (Å²) in [6.07, 6.45) is 0.961. The first-order valence-electron chi connectivity index (χ1n) is 6.21. The SMILES string of the molecule is Cc1cccc([N+](=O)[O-])c1C(=O)N1CCC[C@H]1C(=O)O. The number of aryl methyl sites for hydroxylation is 1. The molecule has 1 aromatic carbocycles. The van der Waals surface area contributed by atoms with Crippen LogP contribution in [0, 0.1) is 17.0 Å². The standard InChI is InChI=1S/C13H14N2O5/c1-8-4-2-5-9(15(19)20)11(8)12(16)14-7-3-6-10(14)13(17)18/h2,4-5,10H,3,6-7H2,1H3,(H,17,18)/t10-/m0/s1. The highest BCUT2D eigenvalue weighted by molar-refractivity contribution is 6.01. The molecule has 1 aromatic rings. The Bertz CT molecular complexity index is 584. The third-order valence-corrected chi connectivity index (χ3v) is 3.46. The van der Waals surface area contributed by atoms with Gasteiger partial charge in [0.1, 0.15) is 11.6 Å². The Hall–Kier alpha value is -2.44. The van der Waals surface area contributed by atoms with Gasteiger partial charge in [-0.1, -0.05) is 12.1 Å². The van der Waals surface area contributed by atoms with Gasteiger partial charge in [-0.2, -0.15) is 0 Å². The van der Waals surface area contributed by atoms with Crippen LogP contribution in [0.1, 0.15) is 28.8 Å². The number of hydrogen-bond acceptors (Lipinski definition) is 4. The van der Waals surface area contributed by atoms with Crippen LogP contribution in [0.25, 0.3) is 0 Å². The van der Waals surface area contributed by atoms with Crippen molar-refractivity contribution in [1.82, 2.24) is 4.90 Å². The van der Waals surface area contributed by atoms with Crippen LogP contribution in [0.3, 0.4) is 0 Å². The number of carbonyl (C=O) groups excluding carboxylic acids is 1. The lowest BCUT2D eigenvalue weighted by Gasteiger charge is -2.22. The Kier molecular flexibility index (Phi) is 3.69. The van der Waals surface area contributed by atoms with Crippen molar-refractivity contribution in [3.8, 4) is 0 Å². The monoisotopic (exact) mass is 278 g/mol. The highest BCUT2D eigenvalue weighted by Crippen LogP contribution is 2.27. The molecule has 1 N–H and O–H groups in total. The van der Waals surface area contributed by atoms with Crippen molar-refractivity contribution >= 4 is 17.6 Å². The first kappa shape index (κ1) is 14.0. The van der Waals surface area contributed by atoms with Crippen LogP contribution >= 0.6 is 0 Å². The van der Waals surface area contributed by atoms with E-state index in [4.69, 9.17) is 5.11 Å². The minimum atomic E-state index is -1.08. The first-order chi connectivity index (χ1) is 9.43. The number of carboxylic acids is 1. The molecule has 2 rings (SSSR count). The van der Waals surface area contributed by atoms with Gasteiger partial charge in [0.25, 0.3) is 11.6 Å². The zero-order valence-electron chi connectivity index (χ0n) is 10.9. The van der Waals surface area contributed by atoms with E-state index in [2.05, 4.69) is 0 Å². The molecule has 0 saturated carbocycles. The average molecular weight is 278 g/mol. The zero-order valence-corrected chi connectivity index (χ0v) is 10.9. The lowest BCUT2D eigenvalue weighted by Crippen LogP contribution is -2.40. The lowest BCUT2D eigenvalue weighted by molar-refractivity contribution is -0.385. The van der Waals surface area contributed by atoms with Crippen molar-refractivity contribution in [2.45, 2.75) is 25.8 Å². The van der Waals surface area contributed by atoms with Crippen molar-refractivity contribution in [2.24, 2.45) is 0 Å². The Labute approximate surface area is 115 Å². The number of nitro benzene ring substituents is 1. The Morgan fingerprint density at radius 1 is 1.45 bits per heavy atom. The number of benzene rings is 1. The molecule has 1 fully saturated rings. The summed E-state index contributed by atoms with van der Waals surface area (Å²) in [6.45, 7) is 1.91. The number of amides is 1. The fourth-order valence-electron chi connectivity index (χ4n) is 2.49. The highest BCUT2D eigenvalue weighted by atomic mass is 16.6. The third kappa shape index (κ3) is 2.34. The minimum absolute atomic E-state index is 0.0225. The van der Waals surface area contributed by atoms with Gasteiger partial charge in [0.05, 0.1) is 4.92 Å². The zero-order chi connectivity index (χ0) is 14.9. The van der Waals surface area contributed by atoms with Crippen LogP contribution in [-0.4, -0.2) is 39.4 Å². The predicted molar refractivity (Wildman–Crippen MR) is 69.5 cm³/mol. The molecule has 0 aromatic heterocycles. The molecular formula is C13H14N2O5. The van der Waals surface area contributed by atoms with Crippen molar-refractivity contribution in [1.29, 1.82) is 0 Å². The summed E-state index contributed by atoms with van der Waals surface area (Å²) in [6, 6.07) is 3.46. The molecule has 1 heterocycles. The maximum atomic E-state index is 12.5. The number of likely N-dealkylation sites (tertiary alicyclic amines) is 1. The molecule has 0 spiro atoms. The van der Waals surface area contributed by atoms with Crippen molar-refractivity contribution in [3.63, 3.8) is 0 Å². The molecule has 0 radical (unpaired) electrons. The summed E-state index contributed by atoms with van der Waals surface area (Å²) in [5, 5.41) is 20.1. The quantitative estimate of drug-likeness (QED) is 0.668. The summed E-state index contributed by atoms with van der Waals surface area (Å²) in [7, 11) is 0. The Balaban J connectivity index is 2.44. The van der Waals surface area contributed by atoms with E-state index in [-0.39, 0.29) is 11.3 Å². The summed E-state index contributed by atoms with van der Waals surface area (Å²) < 4.78 is 0. The fraction of sp³-hybridized carbons (Fsp3) is 0.385. The van der Waals surface area contributed by atoms with E-state index in [1.54, 1.807) is 13.0 Å². The molecule has 0 bridgehead atoms. The van der Waals surface area contributed by atoms with E-state index in [1.807, 2.05) is 0 Å². The van der Waals surface area contributed by atoms with Crippen LogP contribution in [0.4, 0.5) is 5.69 Å². The second-order valence-electron chi connectivity index (χ2n) is 4.72. The number of rotatable bonds is 3. The van der Waals surface area contributed by atoms with Gasteiger partial charge in [-0.15, -0.1) is 0 Å². The van der Waals surface area contributed by atoms with E-state index in [0.29, 0.717) is 24.9 Å². The van der Waals surface area contributed by atoms with Crippen molar-refractivity contribution < 1.29 is 19.6 Å². The summed E-state index contributed by atoms with van der Waals surface area (Å²) in [5.41, 5.74) is 0.164. The van der Waals surface area contributed by atoms with Crippen LogP contribution in [-0.2, 0) is 4.79 Å². The third-order valence-electron chi connectivity index (χ3n) is 3.46. The van der Waals surface area contributed by atoms with Crippen LogP contribution in [0.15, 0.2) is 18.2 Å². The van der Waals surface area contributed by atoms with Gasteiger partial charge < -0.3 is 10.0 Å². The predicted octanol–water partition coefficient (Wildman–Crippen LogP) is 1.59. The van der Waals surface area contributed by atoms with Gasteiger partial charge in [0, 0.05) is 12.6 Å². The first-order valence-corrected chi connectivity index (χ1v) is 6.21.